The summed E-state index contributed by atoms with van der Waals surface area (Å²) in [5.74, 6) is 2.26. The standard InChI is InChI=1S/C17H17N3O3/c1-21-14-8-4-12(5-9-14)16-18-17(23-3)19-20(16)13-6-10-15(22-2)11-7-13/h4-11H,1-3H3/i3-1. The first-order chi connectivity index (χ1) is 11.2. The van der Waals surface area contributed by atoms with Crippen molar-refractivity contribution in [2.24, 2.45) is 0 Å². The molecular formula is C17H17N3O3. The lowest BCUT2D eigenvalue weighted by Crippen LogP contribution is -2.00. The maximum absolute atomic E-state index is 5.19. The van der Waals surface area contributed by atoms with Gasteiger partial charge in [0.05, 0.1) is 27.0 Å². The van der Waals surface area contributed by atoms with Crippen molar-refractivity contribution in [2.45, 2.75) is 0 Å². The van der Waals surface area contributed by atoms with E-state index in [9.17, 15) is 0 Å². The molecule has 1 heterocycles. The average Bonchev–Trinajstić information content (AvgIpc) is 3.06. The Morgan fingerprint density at radius 3 is 1.83 bits per heavy atom. The summed E-state index contributed by atoms with van der Waals surface area (Å²) in [5.41, 5.74) is 1.78. The van der Waals surface area contributed by atoms with Gasteiger partial charge in [0.25, 0.3) is 0 Å². The summed E-state index contributed by atoms with van der Waals surface area (Å²) >= 11 is 0. The molecule has 1 aromatic heterocycles. The highest BCUT2D eigenvalue weighted by atomic mass is 16.5. The number of ether oxygens (including phenoxy) is 3. The Labute approximate surface area is 134 Å². The second-order valence-corrected chi connectivity index (χ2v) is 4.76. The van der Waals surface area contributed by atoms with Gasteiger partial charge in [-0.1, -0.05) is 0 Å². The SMILES string of the molecule is COc1ccc(-c2nc(O[11CH3])nn2-c2ccc(OC)cc2)cc1. The molecule has 118 valence electrons. The Morgan fingerprint density at radius 1 is 0.739 bits per heavy atom. The highest BCUT2D eigenvalue weighted by molar-refractivity contribution is 5.59. The van der Waals surface area contributed by atoms with Gasteiger partial charge in [0.2, 0.25) is 0 Å². The Hall–Kier alpha value is -3.02. The van der Waals surface area contributed by atoms with Gasteiger partial charge in [0.1, 0.15) is 11.5 Å². The highest BCUT2D eigenvalue weighted by Crippen LogP contribution is 2.26. The third kappa shape index (κ3) is 2.96. The van der Waals surface area contributed by atoms with Crippen LogP contribution in [0.4, 0.5) is 0 Å². The van der Waals surface area contributed by atoms with Crippen LogP contribution in [0.3, 0.4) is 0 Å². The van der Waals surface area contributed by atoms with Gasteiger partial charge in [0, 0.05) is 5.56 Å². The maximum atomic E-state index is 5.19. The molecule has 0 fully saturated rings. The lowest BCUT2D eigenvalue weighted by Gasteiger charge is -2.07. The smallest absolute Gasteiger partial charge is 0.336 e. The lowest BCUT2D eigenvalue weighted by atomic mass is 10.2. The van der Waals surface area contributed by atoms with E-state index in [0.29, 0.717) is 11.8 Å². The number of aromatic nitrogens is 3. The van der Waals surface area contributed by atoms with Crippen LogP contribution >= 0.6 is 0 Å². The number of nitrogens with zero attached hydrogens (tertiary/aromatic N) is 3. The molecule has 0 amide bonds. The monoisotopic (exact) mass is 310 g/mol. The molecule has 0 spiro atoms. The summed E-state index contributed by atoms with van der Waals surface area (Å²) in [6.07, 6.45) is 0. The molecule has 0 atom stereocenters. The topological polar surface area (TPSA) is 58.4 Å². The van der Waals surface area contributed by atoms with Gasteiger partial charge >= 0.3 is 6.01 Å². The molecule has 0 aliphatic heterocycles. The van der Waals surface area contributed by atoms with Crippen molar-refractivity contribution in [3.63, 3.8) is 0 Å². The summed E-state index contributed by atoms with van der Waals surface area (Å²) in [4.78, 5) is 4.43. The number of benzene rings is 2. The highest BCUT2D eigenvalue weighted by Gasteiger charge is 2.14. The van der Waals surface area contributed by atoms with Crippen molar-refractivity contribution in [3.8, 4) is 34.6 Å². The number of hydrogen-bond donors (Lipinski definition) is 0. The van der Waals surface area contributed by atoms with Crippen molar-refractivity contribution in [3.05, 3.63) is 48.5 Å². The minimum Gasteiger partial charge on any atom is -0.497 e. The zero-order valence-corrected chi connectivity index (χ0v) is 13.2. The summed E-state index contributed by atoms with van der Waals surface area (Å²) in [6, 6.07) is 15.5. The summed E-state index contributed by atoms with van der Waals surface area (Å²) in [7, 11) is 4.82. The first kappa shape index (κ1) is 14.9. The quantitative estimate of drug-likeness (QED) is 0.725. The molecule has 6 heteroatoms. The van der Waals surface area contributed by atoms with E-state index in [1.165, 1.54) is 0 Å². The van der Waals surface area contributed by atoms with Crippen LogP contribution in [-0.2, 0) is 0 Å². The molecule has 0 aliphatic rings. The van der Waals surface area contributed by atoms with Crippen LogP contribution in [0.5, 0.6) is 17.5 Å². The third-order valence-electron chi connectivity index (χ3n) is 3.44. The molecule has 0 N–H and O–H groups in total. The van der Waals surface area contributed by atoms with Crippen molar-refractivity contribution in [1.82, 2.24) is 14.8 Å². The van der Waals surface area contributed by atoms with Crippen LogP contribution in [-0.4, -0.2) is 36.1 Å². The number of rotatable bonds is 5. The third-order valence-corrected chi connectivity index (χ3v) is 3.44. The van der Waals surface area contributed by atoms with Crippen LogP contribution in [0, 0.1) is 0 Å². The van der Waals surface area contributed by atoms with E-state index in [1.807, 2.05) is 48.5 Å². The van der Waals surface area contributed by atoms with E-state index < -0.39 is 0 Å². The normalized spacial score (nSPS) is 10.4. The van der Waals surface area contributed by atoms with Gasteiger partial charge in [0.15, 0.2) is 5.82 Å². The van der Waals surface area contributed by atoms with E-state index >= 15 is 0 Å². The molecule has 3 rings (SSSR count). The average molecular weight is 310 g/mol. The van der Waals surface area contributed by atoms with Gasteiger partial charge in [-0.05, 0) is 48.5 Å². The molecule has 0 radical (unpaired) electrons. The molecule has 0 unspecified atom stereocenters. The molecule has 0 saturated heterocycles. The van der Waals surface area contributed by atoms with Crippen LogP contribution in [0.25, 0.3) is 17.1 Å². The van der Waals surface area contributed by atoms with Crippen molar-refractivity contribution < 1.29 is 14.2 Å². The molecule has 2 aromatic carbocycles. The molecular weight excluding hydrogens is 293 g/mol. The molecule has 0 aliphatic carbocycles. The maximum Gasteiger partial charge on any atom is 0.336 e. The first-order valence-electron chi connectivity index (χ1n) is 7.05. The van der Waals surface area contributed by atoms with Gasteiger partial charge in [-0.15, -0.1) is 5.10 Å². The van der Waals surface area contributed by atoms with E-state index in [-0.39, 0.29) is 0 Å². The fraction of sp³-hybridized carbons (Fsp3) is 0.176. The Balaban J connectivity index is 2.06. The Kier molecular flexibility index (Phi) is 4.14. The zero-order chi connectivity index (χ0) is 16.2. The largest absolute Gasteiger partial charge is 0.497 e. The Morgan fingerprint density at radius 2 is 1.30 bits per heavy atom. The first-order valence-corrected chi connectivity index (χ1v) is 7.05. The molecule has 0 bridgehead atoms. The van der Waals surface area contributed by atoms with Gasteiger partial charge in [-0.3, -0.25) is 0 Å². The molecule has 3 aromatic rings. The summed E-state index contributed by atoms with van der Waals surface area (Å²) in [5, 5.41) is 4.38. The number of hydrogen-bond acceptors (Lipinski definition) is 5. The predicted octanol–water partition coefficient (Wildman–Crippen LogP) is 2.96. The molecule has 23 heavy (non-hydrogen) atoms. The van der Waals surface area contributed by atoms with Gasteiger partial charge < -0.3 is 14.2 Å². The van der Waals surface area contributed by atoms with Crippen LogP contribution in [0.1, 0.15) is 0 Å². The van der Waals surface area contributed by atoms with Crippen molar-refractivity contribution in [2.75, 3.05) is 21.3 Å². The van der Waals surface area contributed by atoms with Gasteiger partial charge in [-0.2, -0.15) is 4.98 Å². The van der Waals surface area contributed by atoms with E-state index in [4.69, 9.17) is 14.2 Å². The fourth-order valence-corrected chi connectivity index (χ4v) is 2.21. The molecule has 0 saturated carbocycles. The van der Waals surface area contributed by atoms with Crippen LogP contribution < -0.4 is 14.2 Å². The summed E-state index contributed by atoms with van der Waals surface area (Å²) in [6.45, 7) is 0. The van der Waals surface area contributed by atoms with Crippen molar-refractivity contribution in [1.29, 1.82) is 0 Å². The Bertz CT molecular complexity index is 715. The van der Waals surface area contributed by atoms with Crippen molar-refractivity contribution >= 4 is 0 Å². The minimum absolute atomic E-state index is 0.312. The summed E-state index contributed by atoms with van der Waals surface area (Å²) < 4.78 is 17.3. The van der Waals surface area contributed by atoms with Crippen LogP contribution in [0.2, 0.25) is 0 Å². The number of methoxy groups -OCH3 is 3. The second kappa shape index (κ2) is 6.39. The van der Waals surface area contributed by atoms with E-state index in [1.54, 1.807) is 26.0 Å². The predicted molar refractivity (Wildman–Crippen MR) is 86.5 cm³/mol. The fourth-order valence-electron chi connectivity index (χ4n) is 2.21. The molecule has 6 nitrogen and oxygen atoms in total. The van der Waals surface area contributed by atoms with Gasteiger partial charge in [-0.25, -0.2) is 4.68 Å². The minimum atomic E-state index is 0.312. The van der Waals surface area contributed by atoms with E-state index in [0.717, 1.165) is 22.7 Å². The lowest BCUT2D eigenvalue weighted by molar-refractivity contribution is 0.380. The zero-order valence-electron chi connectivity index (χ0n) is 13.2. The van der Waals surface area contributed by atoms with E-state index in [2.05, 4.69) is 10.1 Å². The second-order valence-electron chi connectivity index (χ2n) is 4.76. The van der Waals surface area contributed by atoms with Crippen LogP contribution in [0.15, 0.2) is 48.5 Å².